The molecule has 0 amide bonds. The molecular formula is C21H18N2O4. The molecule has 1 heterocycles. The second kappa shape index (κ2) is 7.01. The predicted molar refractivity (Wildman–Crippen MR) is 102 cm³/mol. The van der Waals surface area contributed by atoms with Crippen molar-refractivity contribution in [3.05, 3.63) is 57.2 Å². The topological polar surface area (TPSA) is 76.8 Å². The van der Waals surface area contributed by atoms with Gasteiger partial charge >= 0.3 is 11.9 Å². The fraction of sp³-hybridized carbons (Fsp3) is 0.286. The number of hydrogen-bond donors (Lipinski definition) is 0. The summed E-state index contributed by atoms with van der Waals surface area (Å²) in [7, 11) is 0. The average Bonchev–Trinajstić information content (AvgIpc) is 2.65. The van der Waals surface area contributed by atoms with E-state index in [4.69, 9.17) is 25.7 Å². The van der Waals surface area contributed by atoms with Gasteiger partial charge in [-0.05, 0) is 50.6 Å². The smallest absolute Gasteiger partial charge is 0.363 e. The molecule has 0 N–H and O–H groups in total. The molecule has 6 nitrogen and oxygen atoms in total. The molecule has 0 fully saturated rings. The molecule has 3 rings (SSSR count). The summed E-state index contributed by atoms with van der Waals surface area (Å²) in [5.74, 6) is 0.985. The van der Waals surface area contributed by atoms with E-state index in [1.54, 1.807) is 32.9 Å². The van der Waals surface area contributed by atoms with Gasteiger partial charge in [-0.2, -0.15) is 5.26 Å². The van der Waals surface area contributed by atoms with E-state index in [1.807, 2.05) is 25.1 Å². The lowest BCUT2D eigenvalue weighted by molar-refractivity contribution is 0.265. The molecule has 6 heteroatoms. The van der Waals surface area contributed by atoms with Crippen LogP contribution in [0.25, 0.3) is 26.6 Å². The molecule has 2 aromatic carbocycles. The van der Waals surface area contributed by atoms with Crippen LogP contribution in [0.5, 0.6) is 11.5 Å². The number of fused-ring (bicyclic) bond motifs is 3. The van der Waals surface area contributed by atoms with Gasteiger partial charge in [-0.25, -0.2) is 11.4 Å². The maximum atomic E-state index is 12.6. The Morgan fingerprint density at radius 3 is 2.52 bits per heavy atom. The van der Waals surface area contributed by atoms with Crippen molar-refractivity contribution < 1.29 is 13.9 Å². The Labute approximate surface area is 156 Å². The van der Waals surface area contributed by atoms with Crippen LogP contribution in [0.3, 0.4) is 0 Å². The molecule has 2 unspecified atom stereocenters. The zero-order valence-corrected chi connectivity index (χ0v) is 15.5. The highest BCUT2D eigenvalue weighted by Gasteiger charge is 2.17. The Kier molecular flexibility index (Phi) is 4.75. The summed E-state index contributed by atoms with van der Waals surface area (Å²) >= 11 is 0. The summed E-state index contributed by atoms with van der Waals surface area (Å²) in [6.45, 7) is 14.0. The molecule has 0 spiro atoms. The quantitative estimate of drug-likeness (QED) is 0.388. The van der Waals surface area contributed by atoms with Crippen molar-refractivity contribution in [2.75, 3.05) is 0 Å². The summed E-state index contributed by atoms with van der Waals surface area (Å²) in [6, 6.07) is 9.07. The monoisotopic (exact) mass is 362 g/mol. The highest BCUT2D eigenvalue weighted by molar-refractivity contribution is 6.06. The van der Waals surface area contributed by atoms with Crippen LogP contribution < -0.4 is 15.1 Å². The van der Waals surface area contributed by atoms with Gasteiger partial charge in [0.15, 0.2) is 6.10 Å². The van der Waals surface area contributed by atoms with Crippen molar-refractivity contribution in [3.63, 3.8) is 0 Å². The van der Waals surface area contributed by atoms with Crippen LogP contribution in [-0.2, 0) is 0 Å². The van der Waals surface area contributed by atoms with Gasteiger partial charge in [-0.3, -0.25) is 4.85 Å². The van der Waals surface area contributed by atoms with Crippen molar-refractivity contribution in [1.82, 2.24) is 0 Å². The van der Waals surface area contributed by atoms with Gasteiger partial charge in [0.1, 0.15) is 23.2 Å². The fourth-order valence-corrected chi connectivity index (χ4v) is 2.93. The zero-order chi connectivity index (χ0) is 19.7. The van der Waals surface area contributed by atoms with Crippen molar-refractivity contribution in [3.8, 4) is 17.6 Å². The summed E-state index contributed by atoms with van der Waals surface area (Å²) < 4.78 is 16.7. The second-order valence-corrected chi connectivity index (χ2v) is 6.35. The molecule has 3 aromatic rings. The molecule has 0 bridgehead atoms. The van der Waals surface area contributed by atoms with E-state index >= 15 is 0 Å². The molecule has 0 aliphatic carbocycles. The minimum atomic E-state index is -0.627. The Balaban J connectivity index is 2.24. The molecular weight excluding hydrogens is 344 g/mol. The van der Waals surface area contributed by atoms with Gasteiger partial charge in [0.05, 0.1) is 12.3 Å². The van der Waals surface area contributed by atoms with Crippen LogP contribution in [0.1, 0.15) is 25.0 Å². The van der Waals surface area contributed by atoms with Gasteiger partial charge in [-0.15, -0.1) is 0 Å². The minimum absolute atomic E-state index is 0.385. The third-order valence-electron chi connectivity index (χ3n) is 4.34. The number of nitrogens with zero attached hydrogens (tertiary/aromatic N) is 2. The highest BCUT2D eigenvalue weighted by Crippen LogP contribution is 2.34. The molecule has 2 atom stereocenters. The Morgan fingerprint density at radius 2 is 1.85 bits per heavy atom. The van der Waals surface area contributed by atoms with E-state index in [9.17, 15) is 4.79 Å². The lowest BCUT2D eigenvalue weighted by Crippen LogP contribution is -2.10. The van der Waals surface area contributed by atoms with E-state index in [0.717, 1.165) is 16.3 Å². The summed E-state index contributed by atoms with van der Waals surface area (Å²) in [6.07, 6.45) is -1.25. The zero-order valence-electron chi connectivity index (χ0n) is 15.5. The normalized spacial score (nSPS) is 13.0. The minimum Gasteiger partial charge on any atom is -0.476 e. The molecule has 0 saturated heterocycles. The van der Waals surface area contributed by atoms with E-state index in [-0.39, 0.29) is 0 Å². The Hall–Kier alpha value is -3.51. The Bertz CT molecular complexity index is 1180. The van der Waals surface area contributed by atoms with E-state index in [0.29, 0.717) is 28.0 Å². The van der Waals surface area contributed by atoms with Crippen LogP contribution in [0.4, 0.5) is 0 Å². The maximum absolute atomic E-state index is 12.6. The average molecular weight is 362 g/mol. The number of ether oxygens (including phenoxy) is 2. The van der Waals surface area contributed by atoms with Gasteiger partial charge in [-0.1, -0.05) is 0 Å². The fourth-order valence-electron chi connectivity index (χ4n) is 2.93. The van der Waals surface area contributed by atoms with Crippen LogP contribution in [0.15, 0.2) is 33.5 Å². The number of aryl methyl sites for hydroxylation is 2. The SMILES string of the molecule is [C-]#[N+]C(C)Oc1ccc2c(oc(=O)c3cc(OC(C)C#N)c(C)cc32)c1C. The summed E-state index contributed by atoms with van der Waals surface area (Å²) in [5.41, 5.74) is 1.42. The first-order chi connectivity index (χ1) is 12.8. The number of benzene rings is 2. The maximum Gasteiger partial charge on any atom is 0.363 e. The molecule has 0 saturated carbocycles. The lowest BCUT2D eigenvalue weighted by Gasteiger charge is -2.14. The highest BCUT2D eigenvalue weighted by atomic mass is 16.5. The first-order valence-corrected chi connectivity index (χ1v) is 8.46. The first-order valence-electron chi connectivity index (χ1n) is 8.46. The summed E-state index contributed by atoms with van der Waals surface area (Å²) in [5, 5.41) is 10.8. The third-order valence-corrected chi connectivity index (χ3v) is 4.34. The molecule has 0 aliphatic rings. The largest absolute Gasteiger partial charge is 0.476 e. The lowest BCUT2D eigenvalue weighted by atomic mass is 10.0. The third kappa shape index (κ3) is 3.30. The molecule has 0 aliphatic heterocycles. The number of nitriles is 1. The number of rotatable bonds is 4. The van der Waals surface area contributed by atoms with Crippen LogP contribution in [-0.4, -0.2) is 12.3 Å². The standard InChI is InChI=1S/C21H18N2O4/c1-11-8-16-15-6-7-18(26-14(4)23-5)13(3)20(15)27-21(24)17(16)9-19(11)25-12(2)10-22/h6-9,12,14H,1-4H3. The summed E-state index contributed by atoms with van der Waals surface area (Å²) in [4.78, 5) is 15.9. The molecule has 0 radical (unpaired) electrons. The van der Waals surface area contributed by atoms with E-state index in [1.165, 1.54) is 0 Å². The second-order valence-electron chi connectivity index (χ2n) is 6.35. The van der Waals surface area contributed by atoms with Crippen LogP contribution >= 0.6 is 0 Å². The molecule has 1 aromatic heterocycles. The predicted octanol–water partition coefficient (Wildman–Crippen LogP) is 4.50. The molecule has 27 heavy (non-hydrogen) atoms. The van der Waals surface area contributed by atoms with Gasteiger partial charge in [0, 0.05) is 16.3 Å². The Morgan fingerprint density at radius 1 is 1.11 bits per heavy atom. The van der Waals surface area contributed by atoms with Crippen LogP contribution in [0.2, 0.25) is 0 Å². The van der Waals surface area contributed by atoms with E-state index in [2.05, 4.69) is 4.85 Å². The van der Waals surface area contributed by atoms with Crippen molar-refractivity contribution >= 4 is 21.7 Å². The van der Waals surface area contributed by atoms with Crippen LogP contribution in [0, 0.1) is 31.8 Å². The van der Waals surface area contributed by atoms with Gasteiger partial charge < -0.3 is 13.9 Å². The van der Waals surface area contributed by atoms with Crippen molar-refractivity contribution in [1.29, 1.82) is 5.26 Å². The van der Waals surface area contributed by atoms with E-state index < -0.39 is 18.0 Å². The van der Waals surface area contributed by atoms with Crippen molar-refractivity contribution in [2.24, 2.45) is 0 Å². The number of hydrogen-bond acceptors (Lipinski definition) is 5. The van der Waals surface area contributed by atoms with Crippen molar-refractivity contribution in [2.45, 2.75) is 40.0 Å². The molecule has 136 valence electrons. The van der Waals surface area contributed by atoms with Gasteiger partial charge in [0.25, 0.3) is 0 Å². The van der Waals surface area contributed by atoms with Gasteiger partial charge in [0.2, 0.25) is 0 Å². The first kappa shape index (κ1) is 18.3.